The van der Waals surface area contributed by atoms with Crippen LogP contribution in [0.5, 0.6) is 0 Å². The Morgan fingerprint density at radius 2 is 2.22 bits per heavy atom. The first kappa shape index (κ1) is 17.8. The molecule has 1 aromatic carbocycles. The van der Waals surface area contributed by atoms with Crippen molar-refractivity contribution in [2.45, 2.75) is 30.8 Å². The fraction of sp³-hybridized carbons (Fsp3) is 0.267. The maximum Gasteiger partial charge on any atom is 0.237 e. The lowest BCUT2D eigenvalue weighted by Gasteiger charge is -2.13. The van der Waals surface area contributed by atoms with E-state index < -0.39 is 0 Å². The van der Waals surface area contributed by atoms with Gasteiger partial charge >= 0.3 is 0 Å². The number of nitrogens with one attached hydrogen (secondary N) is 1. The molecule has 0 fully saturated rings. The summed E-state index contributed by atoms with van der Waals surface area (Å²) in [7, 11) is 0. The number of hydrogen-bond donors (Lipinski definition) is 1. The summed E-state index contributed by atoms with van der Waals surface area (Å²) in [6, 6.07) is 4.93. The highest BCUT2D eigenvalue weighted by Crippen LogP contribution is 2.27. The molecule has 0 spiro atoms. The van der Waals surface area contributed by atoms with Crippen LogP contribution in [0.15, 0.2) is 36.0 Å². The van der Waals surface area contributed by atoms with E-state index in [1.807, 2.05) is 11.5 Å². The molecule has 5 nitrogen and oxygen atoms in total. The molecular weight excluding hydrogens is 355 g/mol. The number of carbonyl (C=O) groups excluding carboxylic acids is 1. The predicted octanol–water partition coefficient (Wildman–Crippen LogP) is 4.20. The second kappa shape index (κ2) is 7.86. The van der Waals surface area contributed by atoms with Crippen LogP contribution in [0.4, 0.5) is 5.69 Å². The molecule has 0 radical (unpaired) electrons. The van der Waals surface area contributed by atoms with Crippen LogP contribution in [-0.2, 0) is 11.3 Å². The third-order valence-corrected chi connectivity index (χ3v) is 4.68. The van der Waals surface area contributed by atoms with Gasteiger partial charge in [0.2, 0.25) is 5.91 Å². The molecule has 0 aliphatic rings. The number of thioether (sulfide) groups is 1. The number of carbonyl (C=O) groups is 1. The minimum absolute atomic E-state index is 0.176. The van der Waals surface area contributed by atoms with Crippen molar-refractivity contribution in [3.63, 3.8) is 0 Å². The fourth-order valence-corrected chi connectivity index (χ4v) is 3.18. The van der Waals surface area contributed by atoms with Gasteiger partial charge in [-0.25, -0.2) is 0 Å². The van der Waals surface area contributed by atoms with Gasteiger partial charge in [-0.3, -0.25) is 4.79 Å². The number of amides is 1. The van der Waals surface area contributed by atoms with Crippen molar-refractivity contribution in [2.24, 2.45) is 0 Å². The minimum Gasteiger partial charge on any atom is -0.324 e. The van der Waals surface area contributed by atoms with E-state index in [0.717, 1.165) is 5.82 Å². The van der Waals surface area contributed by atoms with E-state index in [9.17, 15) is 4.79 Å². The number of hydrogen-bond acceptors (Lipinski definition) is 4. The van der Waals surface area contributed by atoms with Crippen LogP contribution in [0.3, 0.4) is 0 Å². The van der Waals surface area contributed by atoms with Gasteiger partial charge in [-0.05, 0) is 32.0 Å². The van der Waals surface area contributed by atoms with Gasteiger partial charge in [0.05, 0.1) is 16.0 Å². The summed E-state index contributed by atoms with van der Waals surface area (Å²) in [5.74, 6) is 0.603. The molecule has 2 rings (SSSR count). The SMILES string of the molecule is C=CCn1c(C)nnc1SC(C)C(=O)Nc1ccc(Cl)cc1Cl. The normalized spacial score (nSPS) is 12.0. The highest BCUT2D eigenvalue weighted by atomic mass is 35.5. The molecule has 1 heterocycles. The molecule has 8 heteroatoms. The van der Waals surface area contributed by atoms with Gasteiger partial charge < -0.3 is 9.88 Å². The van der Waals surface area contributed by atoms with Crippen molar-refractivity contribution in [3.05, 3.63) is 46.7 Å². The summed E-state index contributed by atoms with van der Waals surface area (Å²) in [6.45, 7) is 7.97. The summed E-state index contributed by atoms with van der Waals surface area (Å²) < 4.78 is 1.90. The first-order valence-corrected chi connectivity index (χ1v) is 8.49. The van der Waals surface area contributed by atoms with Gasteiger partial charge in [0.1, 0.15) is 5.82 Å². The zero-order valence-corrected chi connectivity index (χ0v) is 15.0. The molecule has 0 bridgehead atoms. The molecule has 1 atom stereocenters. The Balaban J connectivity index is 2.07. The van der Waals surface area contributed by atoms with Gasteiger partial charge in [-0.2, -0.15) is 0 Å². The summed E-state index contributed by atoms with van der Waals surface area (Å²) in [5.41, 5.74) is 0.525. The molecule has 0 saturated carbocycles. The van der Waals surface area contributed by atoms with Gasteiger partial charge in [-0.1, -0.05) is 41.0 Å². The number of aromatic nitrogens is 3. The van der Waals surface area contributed by atoms with Crippen molar-refractivity contribution < 1.29 is 4.79 Å². The Kier molecular flexibility index (Phi) is 6.10. The van der Waals surface area contributed by atoms with Crippen LogP contribution in [0.25, 0.3) is 0 Å². The highest BCUT2D eigenvalue weighted by molar-refractivity contribution is 8.00. The quantitative estimate of drug-likeness (QED) is 0.611. The Labute approximate surface area is 149 Å². The smallest absolute Gasteiger partial charge is 0.237 e. The number of rotatable bonds is 6. The summed E-state index contributed by atoms with van der Waals surface area (Å²) in [5, 5.41) is 12.1. The first-order chi connectivity index (χ1) is 10.9. The van der Waals surface area contributed by atoms with E-state index in [-0.39, 0.29) is 11.2 Å². The topological polar surface area (TPSA) is 59.8 Å². The van der Waals surface area contributed by atoms with Gasteiger partial charge in [0.25, 0.3) is 0 Å². The van der Waals surface area contributed by atoms with E-state index in [4.69, 9.17) is 23.2 Å². The molecule has 1 aromatic heterocycles. The number of allylic oxidation sites excluding steroid dienone is 1. The summed E-state index contributed by atoms with van der Waals surface area (Å²) in [4.78, 5) is 12.3. The van der Waals surface area contributed by atoms with Crippen molar-refractivity contribution >= 4 is 46.6 Å². The minimum atomic E-state index is -0.367. The van der Waals surface area contributed by atoms with Gasteiger partial charge in [0, 0.05) is 11.6 Å². The lowest BCUT2D eigenvalue weighted by atomic mass is 10.3. The zero-order chi connectivity index (χ0) is 17.0. The number of halogens is 2. The van der Waals surface area contributed by atoms with Gasteiger partial charge in [0.15, 0.2) is 5.16 Å². The molecule has 1 N–H and O–H groups in total. The molecular formula is C15H16Cl2N4OS. The Bertz CT molecular complexity index is 732. The maximum absolute atomic E-state index is 12.3. The molecule has 2 aromatic rings. The molecule has 1 unspecified atom stereocenters. The number of anilines is 1. The number of nitrogens with zero attached hydrogens (tertiary/aromatic N) is 3. The second-order valence-corrected chi connectivity index (χ2v) is 6.95. The molecule has 0 aliphatic carbocycles. The van der Waals surface area contributed by atoms with Gasteiger partial charge in [-0.15, -0.1) is 16.8 Å². The molecule has 1 amide bonds. The molecule has 122 valence electrons. The number of aryl methyl sites for hydroxylation is 1. The number of benzene rings is 1. The molecule has 23 heavy (non-hydrogen) atoms. The van der Waals surface area contributed by atoms with Crippen LogP contribution >= 0.6 is 35.0 Å². The Morgan fingerprint density at radius 3 is 2.87 bits per heavy atom. The average Bonchev–Trinajstić information content (AvgIpc) is 2.83. The standard InChI is InChI=1S/C15H16Cl2N4OS/c1-4-7-21-10(3)19-20-15(21)23-9(2)14(22)18-13-6-5-11(16)8-12(13)17/h4-6,8-9H,1,7H2,2-3H3,(H,18,22). The lowest BCUT2D eigenvalue weighted by Crippen LogP contribution is -2.23. The second-order valence-electron chi connectivity index (χ2n) is 4.80. The Morgan fingerprint density at radius 1 is 1.48 bits per heavy atom. The summed E-state index contributed by atoms with van der Waals surface area (Å²) in [6.07, 6.45) is 1.76. The highest BCUT2D eigenvalue weighted by Gasteiger charge is 2.19. The van der Waals surface area contributed by atoms with Crippen LogP contribution in [-0.4, -0.2) is 25.9 Å². The van der Waals surface area contributed by atoms with Crippen molar-refractivity contribution in [1.29, 1.82) is 0 Å². The predicted molar refractivity (Wildman–Crippen MR) is 95.4 cm³/mol. The summed E-state index contributed by atoms with van der Waals surface area (Å²) >= 11 is 13.2. The van der Waals surface area contributed by atoms with E-state index in [1.165, 1.54) is 11.8 Å². The fourth-order valence-electron chi connectivity index (χ4n) is 1.82. The van der Waals surface area contributed by atoms with Crippen LogP contribution in [0.1, 0.15) is 12.7 Å². The van der Waals surface area contributed by atoms with Crippen LogP contribution in [0.2, 0.25) is 10.0 Å². The maximum atomic E-state index is 12.3. The Hall–Kier alpha value is -1.50. The largest absolute Gasteiger partial charge is 0.324 e. The first-order valence-electron chi connectivity index (χ1n) is 6.85. The zero-order valence-electron chi connectivity index (χ0n) is 12.7. The molecule has 0 saturated heterocycles. The van der Waals surface area contributed by atoms with Crippen LogP contribution in [0, 0.1) is 6.92 Å². The lowest BCUT2D eigenvalue weighted by molar-refractivity contribution is -0.115. The average molecular weight is 371 g/mol. The third kappa shape index (κ3) is 4.50. The van der Waals surface area contributed by atoms with Crippen molar-refractivity contribution in [2.75, 3.05) is 5.32 Å². The monoisotopic (exact) mass is 370 g/mol. The van der Waals surface area contributed by atoms with E-state index >= 15 is 0 Å². The van der Waals surface area contributed by atoms with Crippen LogP contribution < -0.4 is 5.32 Å². The van der Waals surface area contributed by atoms with E-state index in [0.29, 0.717) is 27.4 Å². The van der Waals surface area contributed by atoms with Crippen molar-refractivity contribution in [1.82, 2.24) is 14.8 Å². The third-order valence-electron chi connectivity index (χ3n) is 3.05. The van der Waals surface area contributed by atoms with E-state index in [2.05, 4.69) is 22.1 Å². The molecule has 0 aliphatic heterocycles. The van der Waals surface area contributed by atoms with E-state index in [1.54, 1.807) is 31.2 Å². The van der Waals surface area contributed by atoms with Crippen molar-refractivity contribution in [3.8, 4) is 0 Å².